The highest BCUT2D eigenvalue weighted by Crippen LogP contribution is 2.42. The number of rotatable bonds is 2. The second-order valence-electron chi connectivity index (χ2n) is 6.12. The highest BCUT2D eigenvalue weighted by atomic mass is 35.5. The number of amides is 1. The quantitative estimate of drug-likeness (QED) is 0.837. The van der Waals surface area contributed by atoms with Gasteiger partial charge in [-0.25, -0.2) is 0 Å². The van der Waals surface area contributed by atoms with E-state index in [4.69, 9.17) is 23.2 Å². The fourth-order valence-electron chi connectivity index (χ4n) is 2.84. The first-order chi connectivity index (χ1) is 10.8. The molecule has 0 radical (unpaired) electrons. The lowest BCUT2D eigenvalue weighted by Crippen LogP contribution is -2.15. The molecular weight excluding hydrogens is 331 g/mol. The van der Waals surface area contributed by atoms with Crippen LogP contribution in [-0.2, 0) is 16.6 Å². The molecule has 1 aliphatic heterocycles. The van der Waals surface area contributed by atoms with E-state index in [1.165, 1.54) is 0 Å². The van der Waals surface area contributed by atoms with Crippen LogP contribution in [0.25, 0.3) is 11.1 Å². The van der Waals surface area contributed by atoms with Crippen LogP contribution in [0.15, 0.2) is 30.3 Å². The van der Waals surface area contributed by atoms with Crippen molar-refractivity contribution >= 4 is 34.8 Å². The lowest BCUT2D eigenvalue weighted by atomic mass is 9.81. The zero-order chi connectivity index (χ0) is 16.8. The van der Waals surface area contributed by atoms with Crippen molar-refractivity contribution in [3.05, 3.63) is 51.5 Å². The van der Waals surface area contributed by atoms with E-state index in [0.29, 0.717) is 22.2 Å². The van der Waals surface area contributed by atoms with Crippen molar-refractivity contribution in [2.75, 3.05) is 5.32 Å². The summed E-state index contributed by atoms with van der Waals surface area (Å²) >= 11 is 12.7. The fourth-order valence-corrected chi connectivity index (χ4v) is 3.41. The summed E-state index contributed by atoms with van der Waals surface area (Å²) in [5.41, 5.74) is 3.24. The molecule has 0 bridgehead atoms. The van der Waals surface area contributed by atoms with Gasteiger partial charge in [0.15, 0.2) is 0 Å². The molecule has 116 valence electrons. The minimum Gasteiger partial charge on any atom is -0.324 e. The Kier molecular flexibility index (Phi) is 3.83. The molecule has 0 aliphatic carbocycles. The van der Waals surface area contributed by atoms with Crippen molar-refractivity contribution in [3.63, 3.8) is 0 Å². The second-order valence-corrected chi connectivity index (χ2v) is 6.93. The summed E-state index contributed by atoms with van der Waals surface area (Å²) in [4.78, 5) is 11.6. The van der Waals surface area contributed by atoms with Crippen LogP contribution in [0.5, 0.6) is 0 Å². The third-order valence-corrected chi connectivity index (χ3v) is 4.66. The summed E-state index contributed by atoms with van der Waals surface area (Å²) in [7, 11) is 0. The van der Waals surface area contributed by atoms with E-state index >= 15 is 0 Å². The van der Waals surface area contributed by atoms with Crippen molar-refractivity contribution in [2.24, 2.45) is 0 Å². The van der Waals surface area contributed by atoms with Gasteiger partial charge >= 0.3 is 0 Å². The van der Waals surface area contributed by atoms with Crippen molar-refractivity contribution in [1.29, 1.82) is 5.26 Å². The van der Waals surface area contributed by atoms with E-state index in [9.17, 15) is 10.1 Å². The molecule has 0 aromatic heterocycles. The minimum atomic E-state index is -0.695. The maximum atomic E-state index is 11.6. The summed E-state index contributed by atoms with van der Waals surface area (Å²) in [6.45, 7) is 3.70. The Morgan fingerprint density at radius 3 is 2.65 bits per heavy atom. The number of nitrogens with zero attached hydrogens (tertiary/aromatic N) is 1. The van der Waals surface area contributed by atoms with Crippen molar-refractivity contribution < 1.29 is 4.79 Å². The number of halogens is 2. The number of fused-ring (bicyclic) bond motifs is 1. The summed E-state index contributed by atoms with van der Waals surface area (Å²) in [5, 5.41) is 13.3. The molecule has 0 spiro atoms. The molecule has 1 amide bonds. The van der Waals surface area contributed by atoms with Crippen LogP contribution in [0.2, 0.25) is 10.0 Å². The van der Waals surface area contributed by atoms with Crippen LogP contribution in [0.1, 0.15) is 25.0 Å². The molecule has 2 aromatic rings. The Morgan fingerprint density at radius 2 is 1.96 bits per heavy atom. The number of hydrogen-bond donors (Lipinski definition) is 1. The van der Waals surface area contributed by atoms with Crippen LogP contribution in [0, 0.1) is 11.3 Å². The molecule has 23 heavy (non-hydrogen) atoms. The topological polar surface area (TPSA) is 52.9 Å². The second kappa shape index (κ2) is 5.56. The third kappa shape index (κ3) is 2.69. The number of carbonyl (C=O) groups is 1. The zero-order valence-electron chi connectivity index (χ0n) is 12.7. The predicted molar refractivity (Wildman–Crippen MR) is 92.9 cm³/mol. The van der Waals surface area contributed by atoms with Crippen LogP contribution in [0.4, 0.5) is 5.69 Å². The van der Waals surface area contributed by atoms with Gasteiger partial charge in [-0.3, -0.25) is 4.79 Å². The van der Waals surface area contributed by atoms with Gasteiger partial charge in [-0.05, 0) is 48.7 Å². The SMILES string of the molecule is CC(C)(C#N)c1cccc(Cl)c1-c1cc(Cl)c2c(c1)CC(=O)N2. The van der Waals surface area contributed by atoms with Crippen molar-refractivity contribution in [2.45, 2.75) is 25.7 Å². The Hall–Kier alpha value is -2.02. The first-order valence-electron chi connectivity index (χ1n) is 7.16. The maximum Gasteiger partial charge on any atom is 0.228 e. The van der Waals surface area contributed by atoms with Gasteiger partial charge in [0.25, 0.3) is 0 Å². The van der Waals surface area contributed by atoms with Gasteiger partial charge in [-0.2, -0.15) is 5.26 Å². The Morgan fingerprint density at radius 1 is 1.22 bits per heavy atom. The third-order valence-electron chi connectivity index (χ3n) is 4.04. The average molecular weight is 345 g/mol. The molecule has 0 saturated carbocycles. The largest absolute Gasteiger partial charge is 0.324 e. The standard InChI is InChI=1S/C18H14Cl2N2O/c1-18(2,9-21)12-4-3-5-13(19)16(12)10-6-11-8-15(23)22-17(11)14(20)7-10/h3-7H,8H2,1-2H3,(H,22,23). The lowest BCUT2D eigenvalue weighted by molar-refractivity contribution is -0.115. The van der Waals surface area contributed by atoms with Gasteiger partial charge in [-0.1, -0.05) is 35.3 Å². The van der Waals surface area contributed by atoms with Crippen LogP contribution in [-0.4, -0.2) is 5.91 Å². The predicted octanol–water partition coefficient (Wildman–Crippen LogP) is 4.96. The summed E-state index contributed by atoms with van der Waals surface area (Å²) in [6.07, 6.45) is 0.296. The highest BCUT2D eigenvalue weighted by Gasteiger charge is 2.27. The molecule has 0 saturated heterocycles. The van der Waals surface area contributed by atoms with Crippen LogP contribution >= 0.6 is 23.2 Å². The van der Waals surface area contributed by atoms with Gasteiger partial charge in [0.2, 0.25) is 5.91 Å². The first kappa shape index (κ1) is 15.9. The molecule has 1 heterocycles. The number of carbonyl (C=O) groups excluding carboxylic acids is 1. The van der Waals surface area contributed by atoms with E-state index in [1.54, 1.807) is 12.1 Å². The lowest BCUT2D eigenvalue weighted by Gasteiger charge is -2.22. The van der Waals surface area contributed by atoms with E-state index in [2.05, 4.69) is 11.4 Å². The van der Waals surface area contributed by atoms with Gasteiger partial charge in [-0.15, -0.1) is 0 Å². The van der Waals surface area contributed by atoms with E-state index < -0.39 is 5.41 Å². The monoisotopic (exact) mass is 344 g/mol. The molecule has 5 heteroatoms. The Bertz CT molecular complexity index is 866. The smallest absolute Gasteiger partial charge is 0.228 e. The van der Waals surface area contributed by atoms with Crippen molar-refractivity contribution in [3.8, 4) is 17.2 Å². The number of hydrogen-bond acceptors (Lipinski definition) is 2. The summed E-state index contributed by atoms with van der Waals surface area (Å²) in [6, 6.07) is 11.5. The maximum absolute atomic E-state index is 11.6. The zero-order valence-corrected chi connectivity index (χ0v) is 14.2. The Balaban J connectivity index is 2.25. The average Bonchev–Trinajstić information content (AvgIpc) is 2.88. The molecule has 0 atom stereocenters. The molecule has 1 N–H and O–H groups in total. The molecular formula is C18H14Cl2N2O. The molecule has 3 nitrogen and oxygen atoms in total. The summed E-state index contributed by atoms with van der Waals surface area (Å²) < 4.78 is 0. The molecule has 1 aliphatic rings. The van der Waals surface area contributed by atoms with Gasteiger partial charge in [0.05, 0.1) is 28.6 Å². The van der Waals surface area contributed by atoms with Gasteiger partial charge < -0.3 is 5.32 Å². The minimum absolute atomic E-state index is 0.0733. The van der Waals surface area contributed by atoms with E-state index in [1.807, 2.05) is 32.0 Å². The molecule has 0 unspecified atom stereocenters. The van der Waals surface area contributed by atoms with Crippen LogP contribution in [0.3, 0.4) is 0 Å². The van der Waals surface area contributed by atoms with E-state index in [0.717, 1.165) is 22.3 Å². The summed E-state index contributed by atoms with van der Waals surface area (Å²) in [5.74, 6) is -0.0733. The van der Waals surface area contributed by atoms with Crippen LogP contribution < -0.4 is 5.32 Å². The number of anilines is 1. The Labute approximate surface area is 144 Å². The number of nitrogens with one attached hydrogen (secondary N) is 1. The fraction of sp³-hybridized carbons (Fsp3) is 0.222. The number of nitriles is 1. The van der Waals surface area contributed by atoms with E-state index in [-0.39, 0.29) is 5.91 Å². The van der Waals surface area contributed by atoms with Gasteiger partial charge in [0.1, 0.15) is 0 Å². The van der Waals surface area contributed by atoms with Gasteiger partial charge in [0, 0.05) is 10.6 Å². The highest BCUT2D eigenvalue weighted by molar-refractivity contribution is 6.36. The molecule has 2 aromatic carbocycles. The normalized spacial score (nSPS) is 13.4. The molecule has 0 fully saturated rings. The number of benzene rings is 2. The molecule has 3 rings (SSSR count). The first-order valence-corrected chi connectivity index (χ1v) is 7.92. The van der Waals surface area contributed by atoms with Crippen molar-refractivity contribution in [1.82, 2.24) is 0 Å².